The number of carboxylic acids is 1. The van der Waals surface area contributed by atoms with Gasteiger partial charge in [-0.1, -0.05) is 62.4 Å². The second-order valence-electron chi connectivity index (χ2n) is 13.3. The van der Waals surface area contributed by atoms with Crippen LogP contribution in [0.5, 0.6) is 0 Å². The SMILES string of the molecule is CC(C)c1c(C(=O)Nc2ccccc2)c(-c2ccccc2)c(-c2ccc(F)cc2)n1CC[C@@H](O)C[C@@H](O)CC(=O)NCC[C@@H](O)CC(O)CC(=O)O. The molecule has 0 aliphatic carbocycles. The van der Waals surface area contributed by atoms with Gasteiger partial charge in [0, 0.05) is 30.0 Å². The molecule has 2 amide bonds. The molecule has 278 valence electrons. The van der Waals surface area contributed by atoms with Crippen LogP contribution < -0.4 is 10.6 Å². The van der Waals surface area contributed by atoms with E-state index in [1.165, 1.54) is 12.1 Å². The van der Waals surface area contributed by atoms with E-state index < -0.39 is 48.5 Å². The number of aliphatic hydroxyl groups excluding tert-OH is 4. The molecule has 1 heterocycles. The first-order valence-electron chi connectivity index (χ1n) is 17.5. The van der Waals surface area contributed by atoms with E-state index in [0.717, 1.165) is 11.3 Å². The number of aromatic nitrogens is 1. The van der Waals surface area contributed by atoms with Gasteiger partial charge < -0.3 is 40.7 Å². The number of anilines is 1. The van der Waals surface area contributed by atoms with Crippen molar-refractivity contribution in [2.24, 2.45) is 0 Å². The molecule has 0 spiro atoms. The summed E-state index contributed by atoms with van der Waals surface area (Å²) in [5.74, 6) is -2.56. The summed E-state index contributed by atoms with van der Waals surface area (Å²) in [6.45, 7) is 4.25. The van der Waals surface area contributed by atoms with Crippen LogP contribution in [-0.2, 0) is 16.1 Å². The number of aliphatic hydroxyl groups is 4. The lowest BCUT2D eigenvalue weighted by Gasteiger charge is -2.20. The molecule has 7 N–H and O–H groups in total. The summed E-state index contributed by atoms with van der Waals surface area (Å²) in [5.41, 5.74) is 4.60. The monoisotopic (exact) mass is 717 g/mol. The molecule has 0 aliphatic rings. The Morgan fingerprint density at radius 1 is 0.731 bits per heavy atom. The number of nitrogens with zero attached hydrogens (tertiary/aromatic N) is 1. The van der Waals surface area contributed by atoms with Crippen molar-refractivity contribution in [2.45, 2.75) is 89.3 Å². The quantitative estimate of drug-likeness (QED) is 0.0681. The second-order valence-corrected chi connectivity index (χ2v) is 13.3. The van der Waals surface area contributed by atoms with Gasteiger partial charge in [-0.15, -0.1) is 0 Å². The van der Waals surface area contributed by atoms with Crippen molar-refractivity contribution in [1.82, 2.24) is 9.88 Å². The summed E-state index contributed by atoms with van der Waals surface area (Å²) in [5, 5.41) is 55.8. The zero-order valence-corrected chi connectivity index (χ0v) is 29.4. The molecule has 0 saturated heterocycles. The van der Waals surface area contributed by atoms with Crippen molar-refractivity contribution in [2.75, 3.05) is 11.9 Å². The molecule has 0 aliphatic heterocycles. The van der Waals surface area contributed by atoms with Gasteiger partial charge in [0.25, 0.3) is 5.91 Å². The molecule has 0 fully saturated rings. The van der Waals surface area contributed by atoms with Crippen LogP contribution in [0.1, 0.15) is 74.3 Å². The van der Waals surface area contributed by atoms with Gasteiger partial charge in [-0.25, -0.2) is 4.39 Å². The van der Waals surface area contributed by atoms with Crippen molar-refractivity contribution >= 4 is 23.5 Å². The van der Waals surface area contributed by atoms with Gasteiger partial charge in [0.15, 0.2) is 0 Å². The minimum Gasteiger partial charge on any atom is -0.481 e. The molecular formula is C40H48FN3O8. The molecule has 4 rings (SSSR count). The Bertz CT molecular complexity index is 1760. The highest BCUT2D eigenvalue weighted by atomic mass is 19.1. The van der Waals surface area contributed by atoms with Gasteiger partial charge in [-0.2, -0.15) is 0 Å². The third-order valence-electron chi connectivity index (χ3n) is 8.69. The standard InChI is InChI=1S/C40H48FN3O8/c1-25(2)38-37(40(52)43-29-11-7-4-8-12-29)36(26-9-5-3-6-10-26)39(27-13-15-28(41)16-14-27)44(38)20-18-31(46)22-32(47)23-34(49)42-19-17-30(45)21-33(48)24-35(50)51/h3-16,25,30-33,45-48H,17-24H2,1-2H3,(H,42,49)(H,43,52)(H,50,51)/t30-,31-,32-,33?/m1/s1. The summed E-state index contributed by atoms with van der Waals surface area (Å²) in [4.78, 5) is 37.4. The topological polar surface area (TPSA) is 181 Å². The maximum atomic E-state index is 14.2. The van der Waals surface area contributed by atoms with Gasteiger partial charge in [-0.05, 0) is 79.1 Å². The van der Waals surface area contributed by atoms with Gasteiger partial charge in [-0.3, -0.25) is 14.4 Å². The Morgan fingerprint density at radius 2 is 1.31 bits per heavy atom. The number of para-hydroxylation sites is 1. The Morgan fingerprint density at radius 3 is 1.90 bits per heavy atom. The summed E-state index contributed by atoms with van der Waals surface area (Å²) < 4.78 is 16.2. The predicted octanol–water partition coefficient (Wildman–Crippen LogP) is 5.32. The molecule has 4 atom stereocenters. The lowest BCUT2D eigenvalue weighted by molar-refractivity contribution is -0.139. The van der Waals surface area contributed by atoms with E-state index in [9.17, 15) is 39.2 Å². The summed E-state index contributed by atoms with van der Waals surface area (Å²) in [6, 6.07) is 24.6. The van der Waals surface area contributed by atoms with E-state index in [1.54, 1.807) is 24.3 Å². The highest BCUT2D eigenvalue weighted by Gasteiger charge is 2.31. The van der Waals surface area contributed by atoms with E-state index in [2.05, 4.69) is 10.6 Å². The number of amides is 2. The second kappa shape index (κ2) is 19.1. The lowest BCUT2D eigenvalue weighted by Crippen LogP contribution is -2.32. The summed E-state index contributed by atoms with van der Waals surface area (Å²) in [6.07, 6.45) is -5.20. The Hall–Kier alpha value is -4.88. The molecule has 11 nitrogen and oxygen atoms in total. The van der Waals surface area contributed by atoms with Crippen LogP contribution in [0.2, 0.25) is 0 Å². The first-order valence-corrected chi connectivity index (χ1v) is 17.5. The normalized spacial score (nSPS) is 13.7. The van der Waals surface area contributed by atoms with E-state index in [-0.39, 0.29) is 57.0 Å². The number of hydrogen-bond acceptors (Lipinski definition) is 7. The summed E-state index contributed by atoms with van der Waals surface area (Å²) >= 11 is 0. The van der Waals surface area contributed by atoms with Gasteiger partial charge in [0.2, 0.25) is 5.91 Å². The predicted molar refractivity (Wildman–Crippen MR) is 196 cm³/mol. The summed E-state index contributed by atoms with van der Waals surface area (Å²) in [7, 11) is 0. The van der Waals surface area contributed by atoms with Crippen molar-refractivity contribution < 1.29 is 44.3 Å². The van der Waals surface area contributed by atoms with Gasteiger partial charge >= 0.3 is 5.97 Å². The van der Waals surface area contributed by atoms with E-state index in [1.807, 2.05) is 66.9 Å². The average Bonchev–Trinajstić information content (AvgIpc) is 3.43. The minimum atomic E-state index is -1.20. The maximum Gasteiger partial charge on any atom is 0.305 e. The average molecular weight is 718 g/mol. The third-order valence-corrected chi connectivity index (χ3v) is 8.69. The van der Waals surface area contributed by atoms with Crippen molar-refractivity contribution in [3.63, 3.8) is 0 Å². The van der Waals surface area contributed by atoms with E-state index >= 15 is 0 Å². The van der Waals surface area contributed by atoms with E-state index in [0.29, 0.717) is 28.1 Å². The van der Waals surface area contributed by atoms with Crippen LogP contribution in [0.4, 0.5) is 10.1 Å². The number of carbonyl (C=O) groups excluding carboxylic acids is 2. The van der Waals surface area contributed by atoms with Crippen LogP contribution >= 0.6 is 0 Å². The zero-order chi connectivity index (χ0) is 37.8. The van der Waals surface area contributed by atoms with Crippen molar-refractivity contribution in [3.8, 4) is 22.4 Å². The Balaban J connectivity index is 1.55. The van der Waals surface area contributed by atoms with Crippen LogP contribution in [0, 0.1) is 5.82 Å². The number of halogens is 1. The highest BCUT2D eigenvalue weighted by Crippen LogP contribution is 2.42. The Kier molecular flexibility index (Phi) is 14.7. The van der Waals surface area contributed by atoms with Crippen LogP contribution in [0.25, 0.3) is 22.4 Å². The van der Waals surface area contributed by atoms with Gasteiger partial charge in [0.1, 0.15) is 5.82 Å². The largest absolute Gasteiger partial charge is 0.481 e. The van der Waals surface area contributed by atoms with Crippen LogP contribution in [0.3, 0.4) is 0 Å². The molecule has 1 aromatic heterocycles. The molecule has 52 heavy (non-hydrogen) atoms. The number of rotatable bonds is 19. The number of benzene rings is 3. The fourth-order valence-electron chi connectivity index (χ4n) is 6.38. The number of nitrogens with one attached hydrogen (secondary N) is 2. The molecule has 4 aromatic rings. The van der Waals surface area contributed by atoms with E-state index in [4.69, 9.17) is 5.11 Å². The first-order chi connectivity index (χ1) is 24.8. The fraction of sp³-hybridized carbons (Fsp3) is 0.375. The zero-order valence-electron chi connectivity index (χ0n) is 29.4. The molecule has 0 radical (unpaired) electrons. The number of hydrogen-bond donors (Lipinski definition) is 7. The van der Waals surface area contributed by atoms with Crippen molar-refractivity contribution in [1.29, 1.82) is 0 Å². The van der Waals surface area contributed by atoms with Crippen LogP contribution in [-0.4, -0.2) is 78.8 Å². The molecule has 1 unspecified atom stereocenters. The smallest absolute Gasteiger partial charge is 0.305 e. The number of carbonyl (C=O) groups is 3. The minimum absolute atomic E-state index is 0.0523. The molecule has 12 heteroatoms. The molecule has 3 aromatic carbocycles. The number of carboxylic acid groups (broad SMARTS) is 1. The lowest BCUT2D eigenvalue weighted by atomic mass is 9.94. The third kappa shape index (κ3) is 11.3. The fourth-order valence-corrected chi connectivity index (χ4v) is 6.38. The molecular weight excluding hydrogens is 669 g/mol. The van der Waals surface area contributed by atoms with Gasteiger partial charge in [0.05, 0.1) is 48.5 Å². The first kappa shape index (κ1) is 39.9. The number of aliphatic carboxylic acids is 1. The Labute approximate surface area is 302 Å². The highest BCUT2D eigenvalue weighted by molar-refractivity contribution is 6.12. The van der Waals surface area contributed by atoms with Crippen molar-refractivity contribution in [3.05, 3.63) is 102 Å². The maximum absolute atomic E-state index is 14.2. The molecule has 0 saturated carbocycles. The van der Waals surface area contributed by atoms with Crippen LogP contribution in [0.15, 0.2) is 84.9 Å². The molecule has 0 bridgehead atoms.